The van der Waals surface area contributed by atoms with Crippen LogP contribution in [0.1, 0.15) is 28.3 Å². The number of hydrogen-bond acceptors (Lipinski definition) is 3. The largest absolute Gasteiger partial charge is 0.324 e. The van der Waals surface area contributed by atoms with E-state index in [4.69, 9.17) is 5.73 Å². The van der Waals surface area contributed by atoms with Gasteiger partial charge >= 0.3 is 0 Å². The molecule has 20 heavy (non-hydrogen) atoms. The molecule has 0 aliphatic carbocycles. The van der Waals surface area contributed by atoms with Gasteiger partial charge in [0.15, 0.2) is 0 Å². The fourth-order valence-corrected chi connectivity index (χ4v) is 2.26. The molecule has 2 N–H and O–H groups in total. The van der Waals surface area contributed by atoms with Gasteiger partial charge in [0.05, 0.1) is 4.92 Å². The molecule has 2 aromatic rings. The summed E-state index contributed by atoms with van der Waals surface area (Å²) in [5, 5.41) is 11.1. The SMILES string of the molecule is Cc1cc(C(N)Cc2ccccc2)cc([N+](=O)[O-])c1C. The maximum Gasteiger partial charge on any atom is 0.272 e. The van der Waals surface area contributed by atoms with Gasteiger partial charge in [0, 0.05) is 17.7 Å². The monoisotopic (exact) mass is 270 g/mol. The lowest BCUT2D eigenvalue weighted by atomic mass is 9.95. The Kier molecular flexibility index (Phi) is 4.15. The number of rotatable bonds is 4. The van der Waals surface area contributed by atoms with Crippen molar-refractivity contribution in [1.82, 2.24) is 0 Å². The van der Waals surface area contributed by atoms with Crippen molar-refractivity contribution in [2.24, 2.45) is 5.73 Å². The highest BCUT2D eigenvalue weighted by Crippen LogP contribution is 2.27. The molecule has 0 bridgehead atoms. The molecule has 0 heterocycles. The van der Waals surface area contributed by atoms with E-state index >= 15 is 0 Å². The summed E-state index contributed by atoms with van der Waals surface area (Å²) in [7, 11) is 0. The first kappa shape index (κ1) is 14.2. The zero-order chi connectivity index (χ0) is 14.7. The van der Waals surface area contributed by atoms with Crippen LogP contribution in [0.4, 0.5) is 5.69 Å². The molecule has 2 rings (SSSR count). The van der Waals surface area contributed by atoms with E-state index in [1.807, 2.05) is 43.3 Å². The molecule has 0 saturated heterocycles. The van der Waals surface area contributed by atoms with Crippen molar-refractivity contribution in [1.29, 1.82) is 0 Å². The molecule has 0 aliphatic heterocycles. The minimum atomic E-state index is -0.346. The highest BCUT2D eigenvalue weighted by atomic mass is 16.6. The van der Waals surface area contributed by atoms with E-state index < -0.39 is 0 Å². The quantitative estimate of drug-likeness (QED) is 0.683. The zero-order valence-electron chi connectivity index (χ0n) is 11.7. The smallest absolute Gasteiger partial charge is 0.272 e. The van der Waals surface area contributed by atoms with Gasteiger partial charge in [-0.1, -0.05) is 36.4 Å². The molecule has 4 nitrogen and oxygen atoms in total. The number of hydrogen-bond donors (Lipinski definition) is 1. The number of nitrogens with two attached hydrogens (primary N) is 1. The highest BCUT2D eigenvalue weighted by molar-refractivity contribution is 5.48. The third-order valence-electron chi connectivity index (χ3n) is 3.59. The Hall–Kier alpha value is -2.20. The zero-order valence-corrected chi connectivity index (χ0v) is 11.7. The van der Waals surface area contributed by atoms with Crippen LogP contribution in [-0.2, 0) is 6.42 Å². The normalized spacial score (nSPS) is 12.2. The third kappa shape index (κ3) is 3.03. The van der Waals surface area contributed by atoms with Crippen molar-refractivity contribution in [3.63, 3.8) is 0 Å². The minimum absolute atomic E-state index is 0.142. The lowest BCUT2D eigenvalue weighted by molar-refractivity contribution is -0.385. The number of nitro benzene ring substituents is 1. The average Bonchev–Trinajstić information content (AvgIpc) is 2.42. The fourth-order valence-electron chi connectivity index (χ4n) is 2.26. The molecule has 0 fully saturated rings. The number of nitro groups is 1. The van der Waals surface area contributed by atoms with Gasteiger partial charge in [-0.05, 0) is 37.0 Å². The second kappa shape index (κ2) is 5.84. The van der Waals surface area contributed by atoms with Crippen molar-refractivity contribution in [3.05, 3.63) is 74.8 Å². The van der Waals surface area contributed by atoms with Crippen LogP contribution in [0.25, 0.3) is 0 Å². The van der Waals surface area contributed by atoms with Crippen molar-refractivity contribution < 1.29 is 4.92 Å². The Balaban J connectivity index is 2.31. The Bertz CT molecular complexity index is 624. The maximum atomic E-state index is 11.1. The van der Waals surface area contributed by atoms with Crippen LogP contribution >= 0.6 is 0 Å². The molecule has 1 atom stereocenters. The van der Waals surface area contributed by atoms with Crippen molar-refractivity contribution in [2.75, 3.05) is 0 Å². The average molecular weight is 270 g/mol. The second-order valence-electron chi connectivity index (χ2n) is 5.04. The number of nitrogens with zero attached hydrogens (tertiary/aromatic N) is 1. The first-order valence-electron chi connectivity index (χ1n) is 6.54. The van der Waals surface area contributed by atoms with Gasteiger partial charge in [-0.15, -0.1) is 0 Å². The summed E-state index contributed by atoms with van der Waals surface area (Å²) < 4.78 is 0. The van der Waals surface area contributed by atoms with Crippen LogP contribution in [-0.4, -0.2) is 4.92 Å². The van der Waals surface area contributed by atoms with Crippen LogP contribution < -0.4 is 5.73 Å². The lowest BCUT2D eigenvalue weighted by Gasteiger charge is -2.14. The van der Waals surface area contributed by atoms with Gasteiger partial charge in [-0.25, -0.2) is 0 Å². The van der Waals surface area contributed by atoms with Crippen LogP contribution in [0.5, 0.6) is 0 Å². The van der Waals surface area contributed by atoms with Gasteiger partial charge in [0.25, 0.3) is 5.69 Å². The molecule has 1 unspecified atom stereocenters. The van der Waals surface area contributed by atoms with Gasteiger partial charge in [0.2, 0.25) is 0 Å². The van der Waals surface area contributed by atoms with Crippen molar-refractivity contribution >= 4 is 5.69 Å². The van der Waals surface area contributed by atoms with Crippen molar-refractivity contribution in [3.8, 4) is 0 Å². The van der Waals surface area contributed by atoms with Crippen LogP contribution in [0.2, 0.25) is 0 Å². The molecule has 0 aliphatic rings. The van der Waals surface area contributed by atoms with E-state index in [-0.39, 0.29) is 16.7 Å². The summed E-state index contributed by atoms with van der Waals surface area (Å²) >= 11 is 0. The first-order valence-corrected chi connectivity index (χ1v) is 6.54. The Labute approximate surface area is 118 Å². The van der Waals surface area contributed by atoms with Gasteiger partial charge < -0.3 is 5.73 Å². The summed E-state index contributed by atoms with van der Waals surface area (Å²) in [5.41, 5.74) is 9.87. The predicted molar refractivity (Wildman–Crippen MR) is 79.6 cm³/mol. The van der Waals surface area contributed by atoms with E-state index in [2.05, 4.69) is 0 Å². The van der Waals surface area contributed by atoms with E-state index in [1.165, 1.54) is 0 Å². The topological polar surface area (TPSA) is 69.2 Å². The van der Waals surface area contributed by atoms with Crippen LogP contribution in [0.3, 0.4) is 0 Å². The van der Waals surface area contributed by atoms with Gasteiger partial charge in [-0.3, -0.25) is 10.1 Å². The van der Waals surface area contributed by atoms with Gasteiger partial charge in [-0.2, -0.15) is 0 Å². The number of aryl methyl sites for hydroxylation is 1. The lowest BCUT2D eigenvalue weighted by Crippen LogP contribution is -2.14. The van der Waals surface area contributed by atoms with E-state index in [9.17, 15) is 10.1 Å². The molecule has 0 saturated carbocycles. The maximum absolute atomic E-state index is 11.1. The minimum Gasteiger partial charge on any atom is -0.324 e. The Morgan fingerprint density at radius 3 is 2.45 bits per heavy atom. The fraction of sp³-hybridized carbons (Fsp3) is 0.250. The van der Waals surface area contributed by atoms with Gasteiger partial charge in [0.1, 0.15) is 0 Å². The molecule has 2 aromatic carbocycles. The second-order valence-corrected chi connectivity index (χ2v) is 5.04. The summed E-state index contributed by atoms with van der Waals surface area (Å²) in [6.07, 6.45) is 0.667. The standard InChI is InChI=1S/C16H18N2O2/c1-11-8-14(10-16(12(11)2)18(19)20)15(17)9-13-6-4-3-5-7-13/h3-8,10,15H,9,17H2,1-2H3. The third-order valence-corrected chi connectivity index (χ3v) is 3.59. The molecular weight excluding hydrogens is 252 g/mol. The Morgan fingerprint density at radius 1 is 1.20 bits per heavy atom. The van der Waals surface area contributed by atoms with Crippen molar-refractivity contribution in [2.45, 2.75) is 26.3 Å². The van der Waals surface area contributed by atoms with E-state index in [0.29, 0.717) is 12.0 Å². The summed E-state index contributed by atoms with van der Waals surface area (Å²) in [4.78, 5) is 10.7. The summed E-state index contributed by atoms with van der Waals surface area (Å²) in [5.74, 6) is 0. The summed E-state index contributed by atoms with van der Waals surface area (Å²) in [6.45, 7) is 3.64. The first-order chi connectivity index (χ1) is 9.49. The molecule has 104 valence electrons. The molecule has 0 aromatic heterocycles. The molecular formula is C16H18N2O2. The predicted octanol–water partition coefficient (Wildman–Crippen LogP) is 3.45. The molecule has 0 radical (unpaired) electrons. The summed E-state index contributed by atoms with van der Waals surface area (Å²) in [6, 6.07) is 13.2. The van der Waals surface area contributed by atoms with Crippen LogP contribution in [0, 0.1) is 24.0 Å². The highest BCUT2D eigenvalue weighted by Gasteiger charge is 2.17. The van der Waals surface area contributed by atoms with Crippen LogP contribution in [0.15, 0.2) is 42.5 Å². The Morgan fingerprint density at radius 2 is 1.85 bits per heavy atom. The van der Waals surface area contributed by atoms with E-state index in [0.717, 1.165) is 16.7 Å². The molecule has 0 amide bonds. The molecule has 0 spiro atoms. The number of benzene rings is 2. The molecule has 4 heteroatoms. The van der Waals surface area contributed by atoms with E-state index in [1.54, 1.807) is 13.0 Å².